The first-order valence-corrected chi connectivity index (χ1v) is 7.90. The smallest absolute Gasteiger partial charge is 0.118 e. The average molecular weight is 305 g/mol. The lowest BCUT2D eigenvalue weighted by Gasteiger charge is -2.31. The highest BCUT2D eigenvalue weighted by atomic mass is 32.1. The molecular formula is C16H23N3OS. The fourth-order valence-corrected chi connectivity index (χ4v) is 3.20. The van der Waals surface area contributed by atoms with Gasteiger partial charge < -0.3 is 10.5 Å². The van der Waals surface area contributed by atoms with E-state index in [1.54, 1.807) is 18.4 Å². The van der Waals surface area contributed by atoms with Crippen LogP contribution in [0, 0.1) is 6.92 Å². The lowest BCUT2D eigenvalue weighted by atomic mass is 9.99. The molecule has 2 aromatic rings. The molecule has 0 aliphatic carbocycles. The predicted octanol–water partition coefficient (Wildman–Crippen LogP) is 2.98. The third-order valence-corrected chi connectivity index (χ3v) is 4.33. The summed E-state index contributed by atoms with van der Waals surface area (Å²) in [5.74, 6) is 0.861. The molecule has 0 amide bonds. The van der Waals surface area contributed by atoms with Crippen LogP contribution in [0.3, 0.4) is 0 Å². The Morgan fingerprint density at radius 2 is 2.00 bits per heavy atom. The number of rotatable bonds is 6. The number of nitrogens with two attached hydrogens (primary N) is 1. The molecule has 1 heterocycles. The Balaban J connectivity index is 2.16. The van der Waals surface area contributed by atoms with Crippen LogP contribution in [0.1, 0.15) is 29.2 Å². The maximum absolute atomic E-state index is 6.21. The minimum Gasteiger partial charge on any atom is -0.497 e. The molecule has 0 saturated carbocycles. The van der Waals surface area contributed by atoms with Gasteiger partial charge >= 0.3 is 0 Å². The third kappa shape index (κ3) is 4.03. The number of aromatic nitrogens is 1. The van der Waals surface area contributed by atoms with Crippen LogP contribution in [-0.2, 0) is 6.54 Å². The van der Waals surface area contributed by atoms with Gasteiger partial charge in [0.25, 0.3) is 0 Å². The Bertz CT molecular complexity index is 565. The number of methoxy groups -OCH3 is 1. The molecule has 2 rings (SSSR count). The first-order chi connectivity index (χ1) is 10.0. The molecule has 1 aromatic heterocycles. The molecule has 5 heteroatoms. The third-order valence-electron chi connectivity index (χ3n) is 3.51. The number of hydrogen-bond acceptors (Lipinski definition) is 5. The molecule has 2 N–H and O–H groups in total. The molecule has 21 heavy (non-hydrogen) atoms. The van der Waals surface area contributed by atoms with Gasteiger partial charge in [-0.25, -0.2) is 4.98 Å². The highest BCUT2D eigenvalue weighted by Gasteiger charge is 2.22. The van der Waals surface area contributed by atoms with E-state index in [0.717, 1.165) is 23.0 Å². The molecule has 0 aliphatic heterocycles. The van der Waals surface area contributed by atoms with Gasteiger partial charge in [0, 0.05) is 24.0 Å². The summed E-state index contributed by atoms with van der Waals surface area (Å²) in [6.45, 7) is 4.86. The molecule has 0 saturated heterocycles. The van der Waals surface area contributed by atoms with Crippen molar-refractivity contribution in [3.05, 3.63) is 45.9 Å². The maximum atomic E-state index is 6.21. The largest absolute Gasteiger partial charge is 0.497 e. The van der Waals surface area contributed by atoms with Crippen LogP contribution in [0.15, 0.2) is 29.6 Å². The minimum absolute atomic E-state index is 0.0307. The molecule has 0 radical (unpaired) electrons. The van der Waals surface area contributed by atoms with Gasteiger partial charge in [0.2, 0.25) is 0 Å². The van der Waals surface area contributed by atoms with Crippen molar-refractivity contribution >= 4 is 11.3 Å². The number of nitrogens with zero attached hydrogens (tertiary/aromatic N) is 2. The fraction of sp³-hybridized carbons (Fsp3) is 0.438. The van der Waals surface area contributed by atoms with Crippen LogP contribution in [0.25, 0.3) is 0 Å². The van der Waals surface area contributed by atoms with Crippen molar-refractivity contribution in [2.24, 2.45) is 5.73 Å². The van der Waals surface area contributed by atoms with E-state index in [0.29, 0.717) is 0 Å². The monoisotopic (exact) mass is 305 g/mol. The maximum Gasteiger partial charge on any atom is 0.118 e. The molecule has 0 aliphatic rings. The van der Waals surface area contributed by atoms with Crippen LogP contribution in [-0.4, -0.2) is 30.1 Å². The summed E-state index contributed by atoms with van der Waals surface area (Å²) in [5, 5.41) is 3.21. The van der Waals surface area contributed by atoms with Crippen LogP contribution in [0.5, 0.6) is 5.75 Å². The van der Waals surface area contributed by atoms with E-state index >= 15 is 0 Å². The van der Waals surface area contributed by atoms with E-state index in [4.69, 9.17) is 10.5 Å². The number of benzene rings is 1. The van der Waals surface area contributed by atoms with E-state index in [-0.39, 0.29) is 12.1 Å². The molecule has 2 unspecified atom stereocenters. The van der Waals surface area contributed by atoms with E-state index < -0.39 is 0 Å². The summed E-state index contributed by atoms with van der Waals surface area (Å²) in [7, 11) is 3.77. The fourth-order valence-electron chi connectivity index (χ4n) is 2.60. The molecule has 2 atom stereocenters. The van der Waals surface area contributed by atoms with Crippen molar-refractivity contribution in [1.29, 1.82) is 0 Å². The summed E-state index contributed by atoms with van der Waals surface area (Å²) in [5.41, 5.74) is 8.50. The Labute approximate surface area is 130 Å². The van der Waals surface area contributed by atoms with Crippen molar-refractivity contribution in [2.45, 2.75) is 32.5 Å². The zero-order valence-electron chi connectivity index (χ0n) is 13.0. The van der Waals surface area contributed by atoms with Crippen molar-refractivity contribution in [1.82, 2.24) is 9.88 Å². The summed E-state index contributed by atoms with van der Waals surface area (Å²) in [4.78, 5) is 6.78. The average Bonchev–Trinajstić information content (AvgIpc) is 2.84. The number of ether oxygens (including phenoxy) is 1. The number of aryl methyl sites for hydroxylation is 1. The van der Waals surface area contributed by atoms with Crippen LogP contribution in [0.4, 0.5) is 0 Å². The van der Waals surface area contributed by atoms with Crippen LogP contribution >= 0.6 is 11.3 Å². The molecule has 114 valence electrons. The summed E-state index contributed by atoms with van der Waals surface area (Å²) in [6, 6.07) is 8.30. The van der Waals surface area contributed by atoms with Crippen molar-refractivity contribution in [3.63, 3.8) is 0 Å². The van der Waals surface area contributed by atoms with Gasteiger partial charge in [-0.05, 0) is 38.6 Å². The highest BCUT2D eigenvalue weighted by Crippen LogP contribution is 2.26. The molecule has 0 bridgehead atoms. The molecule has 0 spiro atoms. The van der Waals surface area contributed by atoms with Crippen molar-refractivity contribution in [3.8, 4) is 5.75 Å². The molecular weight excluding hydrogens is 282 g/mol. The summed E-state index contributed by atoms with van der Waals surface area (Å²) >= 11 is 1.68. The number of thiazole rings is 1. The van der Waals surface area contributed by atoms with Crippen molar-refractivity contribution < 1.29 is 4.74 Å². The van der Waals surface area contributed by atoms with Crippen molar-refractivity contribution in [2.75, 3.05) is 14.2 Å². The topological polar surface area (TPSA) is 51.4 Å². The van der Waals surface area contributed by atoms with E-state index in [9.17, 15) is 0 Å². The van der Waals surface area contributed by atoms with Gasteiger partial charge in [0.1, 0.15) is 5.75 Å². The lowest BCUT2D eigenvalue weighted by molar-refractivity contribution is 0.209. The highest BCUT2D eigenvalue weighted by molar-refractivity contribution is 7.09. The second-order valence-corrected chi connectivity index (χ2v) is 6.41. The summed E-state index contributed by atoms with van der Waals surface area (Å²) in [6.07, 6.45) is 0. The number of likely N-dealkylation sites (N-methyl/N-ethyl adjacent to an activating group) is 1. The molecule has 1 aromatic carbocycles. The van der Waals surface area contributed by atoms with E-state index in [1.807, 2.05) is 26.0 Å². The second-order valence-electron chi connectivity index (χ2n) is 5.35. The van der Waals surface area contributed by atoms with Gasteiger partial charge in [-0.3, -0.25) is 4.90 Å². The van der Waals surface area contributed by atoms with E-state index in [2.05, 4.69) is 34.4 Å². The Hall–Kier alpha value is -1.43. The zero-order chi connectivity index (χ0) is 15.4. The quantitative estimate of drug-likeness (QED) is 0.891. The van der Waals surface area contributed by atoms with Gasteiger partial charge in [-0.2, -0.15) is 0 Å². The predicted molar refractivity (Wildman–Crippen MR) is 87.7 cm³/mol. The minimum atomic E-state index is 0.0307. The Morgan fingerprint density at radius 3 is 2.48 bits per heavy atom. The summed E-state index contributed by atoms with van der Waals surface area (Å²) < 4.78 is 5.21. The molecule has 0 fully saturated rings. The molecule has 4 nitrogen and oxygen atoms in total. The normalized spacial score (nSPS) is 14.2. The lowest BCUT2D eigenvalue weighted by Crippen LogP contribution is -2.37. The second kappa shape index (κ2) is 7.02. The van der Waals surface area contributed by atoms with Gasteiger partial charge in [0.15, 0.2) is 0 Å². The first kappa shape index (κ1) is 15.9. The zero-order valence-corrected chi connectivity index (χ0v) is 13.9. The van der Waals surface area contributed by atoms with E-state index in [1.165, 1.54) is 5.56 Å². The Kier molecular flexibility index (Phi) is 5.33. The van der Waals surface area contributed by atoms with Gasteiger partial charge in [-0.1, -0.05) is 12.1 Å². The van der Waals surface area contributed by atoms with Crippen LogP contribution < -0.4 is 10.5 Å². The standard InChI is InChI=1S/C16H23N3OS/c1-11(17)16(13-5-7-15(20-4)8-6-13)19(3)9-14-10-21-12(2)18-14/h5-8,10-11,16H,9,17H2,1-4H3. The first-order valence-electron chi connectivity index (χ1n) is 7.02. The van der Waals surface area contributed by atoms with Gasteiger partial charge in [0.05, 0.1) is 17.8 Å². The Morgan fingerprint density at radius 1 is 1.33 bits per heavy atom. The number of hydrogen-bond donors (Lipinski definition) is 1. The SMILES string of the molecule is COc1ccc(C(C(C)N)N(C)Cc2csc(C)n2)cc1. The van der Waals surface area contributed by atoms with Gasteiger partial charge in [-0.15, -0.1) is 11.3 Å². The van der Waals surface area contributed by atoms with Crippen LogP contribution in [0.2, 0.25) is 0 Å².